The van der Waals surface area contributed by atoms with Gasteiger partial charge in [0.15, 0.2) is 0 Å². The molecule has 0 spiro atoms. The van der Waals surface area contributed by atoms with Crippen LogP contribution < -0.4 is 16.2 Å². The average molecular weight is 180 g/mol. The van der Waals surface area contributed by atoms with Gasteiger partial charge >= 0.3 is 0 Å². The summed E-state index contributed by atoms with van der Waals surface area (Å²) in [6.07, 6.45) is 1.11. The van der Waals surface area contributed by atoms with Crippen LogP contribution in [0.3, 0.4) is 0 Å². The van der Waals surface area contributed by atoms with E-state index in [9.17, 15) is 5.11 Å². The highest BCUT2D eigenvalue weighted by Crippen LogP contribution is 2.25. The third kappa shape index (κ3) is 1.84. The molecular weight excluding hydrogens is 168 g/mol. The topological polar surface area (TPSA) is 81.5 Å². The third-order valence-electron chi connectivity index (χ3n) is 1.66. The molecule has 0 aliphatic heterocycles. The van der Waals surface area contributed by atoms with Crippen molar-refractivity contribution in [1.82, 2.24) is 0 Å². The Labute approximate surface area is 76.4 Å². The molecule has 1 aromatic rings. The zero-order valence-electron chi connectivity index (χ0n) is 7.32. The van der Waals surface area contributed by atoms with Crippen molar-refractivity contribution in [1.29, 1.82) is 0 Å². The Hall–Kier alpha value is -1.84. The van der Waals surface area contributed by atoms with Crippen LogP contribution in [0.2, 0.25) is 0 Å². The van der Waals surface area contributed by atoms with Crippen molar-refractivity contribution in [3.8, 4) is 5.75 Å². The lowest BCUT2D eigenvalue weighted by Crippen LogP contribution is -1.95. The van der Waals surface area contributed by atoms with E-state index in [0.29, 0.717) is 17.0 Å². The van der Waals surface area contributed by atoms with E-state index >= 15 is 0 Å². The number of methoxy groups -OCH3 is 1. The van der Waals surface area contributed by atoms with Crippen LogP contribution in [0, 0.1) is 0 Å². The SMILES string of the molecule is COc1cc(N)ccc1/C(O)=C/N. The van der Waals surface area contributed by atoms with Crippen LogP contribution in [0.4, 0.5) is 5.69 Å². The number of hydrogen-bond acceptors (Lipinski definition) is 4. The fourth-order valence-corrected chi connectivity index (χ4v) is 1.01. The Morgan fingerprint density at radius 1 is 1.54 bits per heavy atom. The van der Waals surface area contributed by atoms with Crippen molar-refractivity contribution in [3.05, 3.63) is 30.0 Å². The molecular formula is C9H12N2O2. The summed E-state index contributed by atoms with van der Waals surface area (Å²) in [6, 6.07) is 4.93. The third-order valence-corrected chi connectivity index (χ3v) is 1.66. The fourth-order valence-electron chi connectivity index (χ4n) is 1.01. The van der Waals surface area contributed by atoms with E-state index in [1.807, 2.05) is 0 Å². The van der Waals surface area contributed by atoms with Gasteiger partial charge in [0, 0.05) is 18.0 Å². The lowest BCUT2D eigenvalue weighted by atomic mass is 10.1. The minimum Gasteiger partial charge on any atom is -0.506 e. The molecule has 5 N–H and O–H groups in total. The molecule has 4 heteroatoms. The van der Waals surface area contributed by atoms with Crippen molar-refractivity contribution in [2.45, 2.75) is 0 Å². The maximum Gasteiger partial charge on any atom is 0.141 e. The summed E-state index contributed by atoms with van der Waals surface area (Å²) < 4.78 is 5.01. The highest BCUT2D eigenvalue weighted by atomic mass is 16.5. The van der Waals surface area contributed by atoms with Crippen molar-refractivity contribution < 1.29 is 9.84 Å². The number of nitrogen functional groups attached to an aromatic ring is 1. The second kappa shape index (κ2) is 3.71. The highest BCUT2D eigenvalue weighted by molar-refractivity contribution is 5.67. The molecule has 0 atom stereocenters. The van der Waals surface area contributed by atoms with Gasteiger partial charge in [-0.15, -0.1) is 0 Å². The molecule has 0 aliphatic rings. The van der Waals surface area contributed by atoms with Crippen LogP contribution in [0.15, 0.2) is 24.4 Å². The first kappa shape index (κ1) is 9.25. The number of anilines is 1. The summed E-state index contributed by atoms with van der Waals surface area (Å²) in [6.45, 7) is 0. The summed E-state index contributed by atoms with van der Waals surface area (Å²) in [5, 5.41) is 9.35. The molecule has 0 saturated heterocycles. The second-order valence-corrected chi connectivity index (χ2v) is 2.51. The smallest absolute Gasteiger partial charge is 0.141 e. The number of aliphatic hydroxyl groups excluding tert-OH is 1. The molecule has 13 heavy (non-hydrogen) atoms. The van der Waals surface area contributed by atoms with E-state index in [2.05, 4.69) is 0 Å². The first-order valence-corrected chi connectivity index (χ1v) is 3.73. The molecule has 0 bridgehead atoms. The molecule has 0 fully saturated rings. The standard InChI is InChI=1S/C9H12N2O2/c1-13-9-4-6(11)2-3-7(9)8(12)5-10/h2-5,12H,10-11H2,1H3/b8-5-. The lowest BCUT2D eigenvalue weighted by Gasteiger charge is -2.07. The molecule has 0 amide bonds. The summed E-state index contributed by atoms with van der Waals surface area (Å²) in [4.78, 5) is 0. The number of nitrogens with two attached hydrogens (primary N) is 2. The highest BCUT2D eigenvalue weighted by Gasteiger charge is 2.06. The minimum absolute atomic E-state index is 0.0307. The van der Waals surface area contributed by atoms with Crippen molar-refractivity contribution >= 4 is 11.4 Å². The van der Waals surface area contributed by atoms with Gasteiger partial charge in [0.2, 0.25) is 0 Å². The fraction of sp³-hybridized carbons (Fsp3) is 0.111. The number of rotatable bonds is 2. The van der Waals surface area contributed by atoms with Crippen molar-refractivity contribution in [2.24, 2.45) is 5.73 Å². The van der Waals surface area contributed by atoms with Gasteiger partial charge in [-0.2, -0.15) is 0 Å². The predicted octanol–water partition coefficient (Wildman–Crippen LogP) is 1.09. The first-order chi connectivity index (χ1) is 6.19. The Balaban J connectivity index is 3.21. The molecule has 4 nitrogen and oxygen atoms in total. The Morgan fingerprint density at radius 2 is 2.23 bits per heavy atom. The number of aliphatic hydroxyl groups is 1. The van der Waals surface area contributed by atoms with E-state index in [-0.39, 0.29) is 5.76 Å². The quantitative estimate of drug-likeness (QED) is 0.470. The summed E-state index contributed by atoms with van der Waals surface area (Å²) >= 11 is 0. The first-order valence-electron chi connectivity index (χ1n) is 3.73. The van der Waals surface area contributed by atoms with Crippen LogP contribution in [0.25, 0.3) is 5.76 Å². The molecule has 0 radical (unpaired) electrons. The van der Waals surface area contributed by atoms with Crippen LogP contribution in [0.1, 0.15) is 5.56 Å². The summed E-state index contributed by atoms with van der Waals surface area (Å²) in [5.41, 5.74) is 11.8. The molecule has 70 valence electrons. The minimum atomic E-state index is -0.0307. The molecule has 1 rings (SSSR count). The summed E-state index contributed by atoms with van der Waals surface area (Å²) in [7, 11) is 1.50. The zero-order valence-corrected chi connectivity index (χ0v) is 7.32. The van der Waals surface area contributed by atoms with Gasteiger partial charge in [-0.05, 0) is 12.1 Å². The number of benzene rings is 1. The molecule has 0 aliphatic carbocycles. The van der Waals surface area contributed by atoms with Gasteiger partial charge in [-0.1, -0.05) is 0 Å². The van der Waals surface area contributed by atoms with Crippen LogP contribution in [-0.2, 0) is 0 Å². The van der Waals surface area contributed by atoms with Crippen LogP contribution in [0.5, 0.6) is 5.75 Å². The van der Waals surface area contributed by atoms with Gasteiger partial charge < -0.3 is 21.3 Å². The maximum atomic E-state index is 9.35. The van der Waals surface area contributed by atoms with E-state index in [1.165, 1.54) is 7.11 Å². The van der Waals surface area contributed by atoms with E-state index < -0.39 is 0 Å². The predicted molar refractivity (Wildman–Crippen MR) is 52.2 cm³/mol. The molecule has 1 aromatic carbocycles. The largest absolute Gasteiger partial charge is 0.506 e. The molecule has 0 saturated carbocycles. The van der Waals surface area contributed by atoms with Gasteiger partial charge in [0.1, 0.15) is 11.5 Å². The zero-order chi connectivity index (χ0) is 9.84. The molecule has 0 heterocycles. The lowest BCUT2D eigenvalue weighted by molar-refractivity contribution is 0.408. The Bertz CT molecular complexity index is 334. The van der Waals surface area contributed by atoms with Gasteiger partial charge in [-0.25, -0.2) is 0 Å². The van der Waals surface area contributed by atoms with Crippen LogP contribution >= 0.6 is 0 Å². The van der Waals surface area contributed by atoms with Crippen LogP contribution in [-0.4, -0.2) is 12.2 Å². The summed E-state index contributed by atoms with van der Waals surface area (Å²) in [5.74, 6) is 0.469. The van der Waals surface area contributed by atoms with Gasteiger partial charge in [0.05, 0.1) is 12.7 Å². The average Bonchev–Trinajstić information content (AvgIpc) is 2.16. The second-order valence-electron chi connectivity index (χ2n) is 2.51. The van der Waals surface area contributed by atoms with E-state index in [0.717, 1.165) is 6.20 Å². The maximum absolute atomic E-state index is 9.35. The normalized spacial score (nSPS) is 11.3. The van der Waals surface area contributed by atoms with E-state index in [1.54, 1.807) is 18.2 Å². The molecule has 0 unspecified atom stereocenters. The van der Waals surface area contributed by atoms with Gasteiger partial charge in [0.25, 0.3) is 0 Å². The van der Waals surface area contributed by atoms with Crippen molar-refractivity contribution in [2.75, 3.05) is 12.8 Å². The molecule has 0 aromatic heterocycles. The number of ether oxygens (including phenoxy) is 1. The van der Waals surface area contributed by atoms with E-state index in [4.69, 9.17) is 16.2 Å². The monoisotopic (exact) mass is 180 g/mol. The Morgan fingerprint density at radius 3 is 2.77 bits per heavy atom. The number of hydrogen-bond donors (Lipinski definition) is 3. The van der Waals surface area contributed by atoms with Gasteiger partial charge in [-0.3, -0.25) is 0 Å². The Kier molecular flexibility index (Phi) is 2.64. The van der Waals surface area contributed by atoms with Crippen molar-refractivity contribution in [3.63, 3.8) is 0 Å².